The average Bonchev–Trinajstić information content (AvgIpc) is 2.81. The molecule has 5 nitrogen and oxygen atoms in total. The largest absolute Gasteiger partial charge is 0.310 e. The second-order valence-electron chi connectivity index (χ2n) is 3.96. The Morgan fingerprint density at radius 3 is 2.95 bits per heavy atom. The minimum absolute atomic E-state index is 0.152. The fourth-order valence-corrected chi connectivity index (χ4v) is 1.72. The summed E-state index contributed by atoms with van der Waals surface area (Å²) in [6.45, 7) is 1.95. The fourth-order valence-electron chi connectivity index (χ4n) is 1.66. The van der Waals surface area contributed by atoms with Crippen molar-refractivity contribution in [3.63, 3.8) is 0 Å². The van der Waals surface area contributed by atoms with E-state index in [1.807, 2.05) is 37.3 Å². The SMILES string of the molecule is Cc1cccc(-n2nc(C#N)cc2NC(=O)CCl)c1. The lowest BCUT2D eigenvalue weighted by atomic mass is 10.2. The van der Waals surface area contributed by atoms with Gasteiger partial charge in [-0.05, 0) is 24.6 Å². The molecule has 1 aromatic heterocycles. The molecule has 1 aromatic carbocycles. The van der Waals surface area contributed by atoms with Gasteiger partial charge in [0.25, 0.3) is 0 Å². The van der Waals surface area contributed by atoms with Crippen LogP contribution < -0.4 is 5.32 Å². The Kier molecular flexibility index (Phi) is 3.83. The summed E-state index contributed by atoms with van der Waals surface area (Å²) in [4.78, 5) is 11.4. The van der Waals surface area contributed by atoms with Crippen LogP contribution in [-0.2, 0) is 4.79 Å². The van der Waals surface area contributed by atoms with Gasteiger partial charge < -0.3 is 5.32 Å². The highest BCUT2D eigenvalue weighted by Gasteiger charge is 2.11. The zero-order chi connectivity index (χ0) is 13.8. The Balaban J connectivity index is 2.47. The Morgan fingerprint density at radius 1 is 1.53 bits per heavy atom. The summed E-state index contributed by atoms with van der Waals surface area (Å²) in [5.74, 6) is -0.0753. The topological polar surface area (TPSA) is 70.7 Å². The first-order chi connectivity index (χ1) is 9.13. The molecule has 0 bridgehead atoms. The maximum absolute atomic E-state index is 11.4. The van der Waals surface area contributed by atoms with Gasteiger partial charge in [-0.25, -0.2) is 4.68 Å². The van der Waals surface area contributed by atoms with Crippen LogP contribution in [0.25, 0.3) is 5.69 Å². The first-order valence-corrected chi connectivity index (χ1v) is 6.10. The van der Waals surface area contributed by atoms with Crippen molar-refractivity contribution in [3.8, 4) is 11.8 Å². The van der Waals surface area contributed by atoms with Crippen molar-refractivity contribution < 1.29 is 4.79 Å². The van der Waals surface area contributed by atoms with E-state index in [-0.39, 0.29) is 17.5 Å². The van der Waals surface area contributed by atoms with Crippen molar-refractivity contribution in [2.24, 2.45) is 0 Å². The molecule has 0 atom stereocenters. The minimum Gasteiger partial charge on any atom is -0.310 e. The highest BCUT2D eigenvalue weighted by Crippen LogP contribution is 2.18. The van der Waals surface area contributed by atoms with Gasteiger partial charge in [-0.1, -0.05) is 12.1 Å². The van der Waals surface area contributed by atoms with E-state index in [0.717, 1.165) is 11.3 Å². The molecule has 1 amide bonds. The molecule has 2 aromatic rings. The van der Waals surface area contributed by atoms with E-state index < -0.39 is 0 Å². The van der Waals surface area contributed by atoms with Crippen LogP contribution in [-0.4, -0.2) is 21.6 Å². The molecular formula is C13H11ClN4O. The van der Waals surface area contributed by atoms with Gasteiger partial charge in [-0.2, -0.15) is 10.4 Å². The molecule has 0 aliphatic heterocycles. The zero-order valence-electron chi connectivity index (χ0n) is 10.2. The van der Waals surface area contributed by atoms with Crippen molar-refractivity contribution in [3.05, 3.63) is 41.6 Å². The van der Waals surface area contributed by atoms with E-state index in [0.29, 0.717) is 5.82 Å². The van der Waals surface area contributed by atoms with E-state index >= 15 is 0 Å². The lowest BCUT2D eigenvalue weighted by molar-refractivity contribution is -0.114. The molecule has 6 heteroatoms. The van der Waals surface area contributed by atoms with E-state index in [9.17, 15) is 4.79 Å². The third kappa shape index (κ3) is 2.92. The van der Waals surface area contributed by atoms with Crippen LogP contribution in [0.5, 0.6) is 0 Å². The van der Waals surface area contributed by atoms with Gasteiger partial charge in [-0.15, -0.1) is 11.6 Å². The number of aryl methyl sites for hydroxylation is 1. The number of hydrogen-bond acceptors (Lipinski definition) is 3. The standard InChI is InChI=1S/C13H11ClN4O/c1-9-3-2-4-11(5-9)18-12(16-13(19)7-14)6-10(8-15)17-18/h2-6H,7H2,1H3,(H,16,19). The first-order valence-electron chi connectivity index (χ1n) is 5.57. The van der Waals surface area contributed by atoms with Crippen molar-refractivity contribution in [1.29, 1.82) is 5.26 Å². The normalized spacial score (nSPS) is 9.95. The number of nitriles is 1. The van der Waals surface area contributed by atoms with E-state index in [1.165, 1.54) is 10.7 Å². The first kappa shape index (κ1) is 13.1. The molecule has 0 fully saturated rings. The third-order valence-electron chi connectivity index (χ3n) is 2.46. The molecule has 0 radical (unpaired) electrons. The number of anilines is 1. The highest BCUT2D eigenvalue weighted by atomic mass is 35.5. The summed E-state index contributed by atoms with van der Waals surface area (Å²) in [7, 11) is 0. The van der Waals surface area contributed by atoms with Crippen LogP contribution >= 0.6 is 11.6 Å². The van der Waals surface area contributed by atoms with Crippen LogP contribution in [0, 0.1) is 18.3 Å². The monoisotopic (exact) mass is 274 g/mol. The minimum atomic E-state index is -0.347. The highest BCUT2D eigenvalue weighted by molar-refractivity contribution is 6.29. The molecule has 2 rings (SSSR count). The van der Waals surface area contributed by atoms with Gasteiger partial charge in [0, 0.05) is 6.07 Å². The molecule has 0 saturated carbocycles. The smallest absolute Gasteiger partial charge is 0.240 e. The summed E-state index contributed by atoms with van der Waals surface area (Å²) in [5.41, 5.74) is 2.05. The van der Waals surface area contributed by atoms with Crippen molar-refractivity contribution in [2.75, 3.05) is 11.2 Å². The molecule has 96 valence electrons. The number of hydrogen-bond donors (Lipinski definition) is 1. The molecular weight excluding hydrogens is 264 g/mol. The zero-order valence-corrected chi connectivity index (χ0v) is 11.0. The summed E-state index contributed by atoms with van der Waals surface area (Å²) in [6, 6.07) is 11.0. The molecule has 1 N–H and O–H groups in total. The summed E-state index contributed by atoms with van der Waals surface area (Å²) < 4.78 is 1.51. The number of halogens is 1. The molecule has 19 heavy (non-hydrogen) atoms. The Hall–Kier alpha value is -2.32. The summed E-state index contributed by atoms with van der Waals surface area (Å²) >= 11 is 5.46. The van der Waals surface area contributed by atoms with Gasteiger partial charge >= 0.3 is 0 Å². The Labute approximate surface area is 115 Å². The predicted octanol–water partition coefficient (Wildman–Crippen LogP) is 2.23. The number of carbonyl (C=O) groups excluding carboxylic acids is 1. The van der Waals surface area contributed by atoms with E-state index in [4.69, 9.17) is 16.9 Å². The molecule has 0 unspecified atom stereocenters. The van der Waals surface area contributed by atoms with Gasteiger partial charge in [-0.3, -0.25) is 4.79 Å². The van der Waals surface area contributed by atoms with Crippen LogP contribution in [0.3, 0.4) is 0 Å². The van der Waals surface area contributed by atoms with Gasteiger partial charge in [0.05, 0.1) is 5.69 Å². The van der Waals surface area contributed by atoms with Crippen molar-refractivity contribution in [2.45, 2.75) is 6.92 Å². The predicted molar refractivity (Wildman–Crippen MR) is 72.4 cm³/mol. The lowest BCUT2D eigenvalue weighted by Crippen LogP contribution is -2.15. The Morgan fingerprint density at radius 2 is 2.32 bits per heavy atom. The maximum atomic E-state index is 11.4. The van der Waals surface area contributed by atoms with E-state index in [1.54, 1.807) is 0 Å². The van der Waals surface area contributed by atoms with Gasteiger partial charge in [0.15, 0.2) is 5.69 Å². The van der Waals surface area contributed by atoms with Crippen molar-refractivity contribution >= 4 is 23.3 Å². The van der Waals surface area contributed by atoms with Crippen LogP contribution in [0.2, 0.25) is 0 Å². The fraction of sp³-hybridized carbons (Fsp3) is 0.154. The summed E-state index contributed by atoms with van der Waals surface area (Å²) in [5, 5.41) is 15.6. The number of nitrogens with zero attached hydrogens (tertiary/aromatic N) is 3. The second kappa shape index (κ2) is 5.55. The van der Waals surface area contributed by atoms with Crippen molar-refractivity contribution in [1.82, 2.24) is 9.78 Å². The lowest BCUT2D eigenvalue weighted by Gasteiger charge is -2.08. The molecule has 0 aliphatic rings. The van der Waals surface area contributed by atoms with Crippen LogP contribution in [0.4, 0.5) is 5.82 Å². The van der Waals surface area contributed by atoms with E-state index in [2.05, 4.69) is 10.4 Å². The number of carbonyl (C=O) groups is 1. The number of rotatable bonds is 3. The van der Waals surface area contributed by atoms with Gasteiger partial charge in [0.1, 0.15) is 17.8 Å². The van der Waals surface area contributed by atoms with Crippen LogP contribution in [0.1, 0.15) is 11.3 Å². The number of alkyl halides is 1. The average molecular weight is 275 g/mol. The number of nitrogens with one attached hydrogen (secondary N) is 1. The molecule has 0 aliphatic carbocycles. The number of aromatic nitrogens is 2. The second-order valence-corrected chi connectivity index (χ2v) is 4.23. The molecule has 0 saturated heterocycles. The quantitative estimate of drug-likeness (QED) is 0.873. The summed E-state index contributed by atoms with van der Waals surface area (Å²) in [6.07, 6.45) is 0. The van der Waals surface area contributed by atoms with Crippen LogP contribution in [0.15, 0.2) is 30.3 Å². The molecule has 0 spiro atoms. The Bertz CT molecular complexity index is 657. The number of amides is 1. The maximum Gasteiger partial charge on any atom is 0.240 e. The number of benzene rings is 1. The molecule has 1 heterocycles. The van der Waals surface area contributed by atoms with Gasteiger partial charge in [0.2, 0.25) is 5.91 Å². The third-order valence-corrected chi connectivity index (χ3v) is 2.70.